The van der Waals surface area contributed by atoms with E-state index in [9.17, 15) is 4.39 Å². The lowest BCUT2D eigenvalue weighted by Gasteiger charge is -2.04. The summed E-state index contributed by atoms with van der Waals surface area (Å²) >= 11 is 0. The second-order valence-electron chi connectivity index (χ2n) is 5.86. The van der Waals surface area contributed by atoms with Crippen LogP contribution in [0.15, 0.2) is 48.5 Å². The predicted molar refractivity (Wildman–Crippen MR) is 102 cm³/mol. The van der Waals surface area contributed by atoms with Crippen LogP contribution >= 0.6 is 0 Å². The fourth-order valence-corrected chi connectivity index (χ4v) is 2.93. The van der Waals surface area contributed by atoms with Crippen LogP contribution < -0.4 is 10.6 Å². The Morgan fingerprint density at radius 3 is 2.60 bits per heavy atom. The molecule has 1 aromatic heterocycles. The number of hydrogen-bond acceptors (Lipinski definition) is 2. The zero-order valence-electron chi connectivity index (χ0n) is 14.6. The van der Waals surface area contributed by atoms with Gasteiger partial charge in [0.05, 0.1) is 12.2 Å². The molecule has 1 heterocycles. The zero-order chi connectivity index (χ0) is 17.6. The van der Waals surface area contributed by atoms with Gasteiger partial charge >= 0.3 is 0 Å². The molecule has 128 valence electrons. The molecular formula is C21H22FN3. The van der Waals surface area contributed by atoms with Crippen molar-refractivity contribution in [2.75, 3.05) is 18.9 Å². The molecule has 0 unspecified atom stereocenters. The molecule has 3 rings (SSSR count). The molecule has 0 saturated carbocycles. The molecule has 3 aromatic rings. The summed E-state index contributed by atoms with van der Waals surface area (Å²) < 4.78 is 15.1. The summed E-state index contributed by atoms with van der Waals surface area (Å²) in [5.74, 6) is 6.17. The molecule has 0 bridgehead atoms. The molecule has 0 amide bonds. The zero-order valence-corrected chi connectivity index (χ0v) is 14.6. The number of nitrogens with zero attached hydrogens (tertiary/aromatic N) is 1. The number of hydrogen-bond donors (Lipinski definition) is 2. The van der Waals surface area contributed by atoms with E-state index in [0.29, 0.717) is 6.54 Å². The molecule has 0 atom stereocenters. The van der Waals surface area contributed by atoms with E-state index in [1.165, 1.54) is 28.6 Å². The van der Waals surface area contributed by atoms with Crippen LogP contribution in [0, 0.1) is 17.7 Å². The maximum absolute atomic E-state index is 12.9. The Kier molecular flexibility index (Phi) is 5.37. The lowest BCUT2D eigenvalue weighted by Crippen LogP contribution is -2.04. The van der Waals surface area contributed by atoms with Gasteiger partial charge in [0.1, 0.15) is 5.82 Å². The van der Waals surface area contributed by atoms with Gasteiger partial charge in [-0.15, -0.1) is 0 Å². The smallest absolute Gasteiger partial charge is 0.123 e. The number of nitrogens with one attached hydrogen (secondary N) is 2. The second kappa shape index (κ2) is 7.87. The van der Waals surface area contributed by atoms with Crippen molar-refractivity contribution in [1.29, 1.82) is 0 Å². The molecule has 0 spiro atoms. The highest BCUT2D eigenvalue weighted by atomic mass is 19.1. The van der Waals surface area contributed by atoms with Crippen LogP contribution in [0.4, 0.5) is 10.1 Å². The third-order valence-electron chi connectivity index (χ3n) is 4.10. The predicted octanol–water partition coefficient (Wildman–Crippen LogP) is 3.98. The Morgan fingerprint density at radius 2 is 1.88 bits per heavy atom. The topological polar surface area (TPSA) is 29.0 Å². The van der Waals surface area contributed by atoms with Gasteiger partial charge in [-0.05, 0) is 67.9 Å². The largest absolute Gasteiger partial charge is 0.374 e. The molecule has 0 aliphatic rings. The van der Waals surface area contributed by atoms with Gasteiger partial charge in [0.15, 0.2) is 0 Å². The van der Waals surface area contributed by atoms with Crippen LogP contribution in [0.3, 0.4) is 0 Å². The molecule has 0 saturated heterocycles. The summed E-state index contributed by atoms with van der Waals surface area (Å²) in [6.45, 7) is 4.38. The van der Waals surface area contributed by atoms with Crippen molar-refractivity contribution >= 4 is 16.6 Å². The Morgan fingerprint density at radius 1 is 1.08 bits per heavy atom. The van der Waals surface area contributed by atoms with Crippen LogP contribution in [0.25, 0.3) is 10.9 Å². The van der Waals surface area contributed by atoms with Gasteiger partial charge in [-0.2, -0.15) is 0 Å². The number of aromatic nitrogens is 1. The molecule has 0 aliphatic heterocycles. The highest BCUT2D eigenvalue weighted by Gasteiger charge is 2.06. The van der Waals surface area contributed by atoms with E-state index in [1.54, 1.807) is 12.1 Å². The summed E-state index contributed by atoms with van der Waals surface area (Å²) in [4.78, 5) is 0. The van der Waals surface area contributed by atoms with E-state index in [1.807, 2.05) is 7.05 Å². The average molecular weight is 335 g/mol. The SMILES string of the molecule is CCn1c(C#CCNc2ccc(F)cc2)cc2cc(CNC)ccc21. The van der Waals surface area contributed by atoms with Crippen LogP contribution in [0.2, 0.25) is 0 Å². The van der Waals surface area contributed by atoms with E-state index in [4.69, 9.17) is 0 Å². The molecular weight excluding hydrogens is 313 g/mol. The first-order chi connectivity index (χ1) is 12.2. The third kappa shape index (κ3) is 4.01. The number of anilines is 1. The normalized spacial score (nSPS) is 10.5. The average Bonchev–Trinajstić information content (AvgIpc) is 2.97. The van der Waals surface area contributed by atoms with Gasteiger partial charge in [0.25, 0.3) is 0 Å². The number of rotatable bonds is 5. The lowest BCUT2D eigenvalue weighted by atomic mass is 10.1. The minimum atomic E-state index is -0.235. The fraction of sp³-hybridized carbons (Fsp3) is 0.238. The Bertz CT molecular complexity index is 914. The van der Waals surface area contributed by atoms with Gasteiger partial charge in [0.2, 0.25) is 0 Å². The minimum Gasteiger partial charge on any atom is -0.374 e. The van der Waals surface area contributed by atoms with Crippen molar-refractivity contribution in [1.82, 2.24) is 9.88 Å². The van der Waals surface area contributed by atoms with Crippen molar-refractivity contribution in [3.8, 4) is 11.8 Å². The quantitative estimate of drug-likeness (QED) is 0.691. The molecule has 0 aliphatic carbocycles. The number of benzene rings is 2. The molecule has 2 N–H and O–H groups in total. The second-order valence-corrected chi connectivity index (χ2v) is 5.86. The van der Waals surface area contributed by atoms with E-state index >= 15 is 0 Å². The van der Waals surface area contributed by atoms with E-state index in [-0.39, 0.29) is 5.82 Å². The monoisotopic (exact) mass is 335 g/mol. The van der Waals surface area contributed by atoms with Crippen LogP contribution in [0.5, 0.6) is 0 Å². The first-order valence-corrected chi connectivity index (χ1v) is 8.46. The van der Waals surface area contributed by atoms with E-state index in [2.05, 4.69) is 58.2 Å². The number of aryl methyl sites for hydroxylation is 1. The molecule has 0 fully saturated rings. The standard InChI is InChI=1S/C21H22FN3/c1-3-25-20(5-4-12-24-19-9-7-18(22)8-10-19)14-17-13-16(15-23-2)6-11-21(17)25/h6-11,13-14,23-24H,3,12,15H2,1-2H3. The van der Waals surface area contributed by atoms with E-state index in [0.717, 1.165) is 24.5 Å². The highest BCUT2D eigenvalue weighted by molar-refractivity contribution is 5.83. The summed E-state index contributed by atoms with van der Waals surface area (Å²) in [6.07, 6.45) is 0. The van der Waals surface area contributed by atoms with E-state index < -0.39 is 0 Å². The Labute approximate surface area is 147 Å². The maximum atomic E-state index is 12.9. The maximum Gasteiger partial charge on any atom is 0.123 e. The Balaban J connectivity index is 1.77. The first kappa shape index (κ1) is 17.1. The molecule has 25 heavy (non-hydrogen) atoms. The van der Waals surface area contributed by atoms with Crippen molar-refractivity contribution in [3.63, 3.8) is 0 Å². The molecule has 0 radical (unpaired) electrons. The minimum absolute atomic E-state index is 0.235. The van der Waals surface area contributed by atoms with Crippen LogP contribution in [-0.2, 0) is 13.1 Å². The summed E-state index contributed by atoms with van der Waals surface area (Å²) in [5.41, 5.74) is 4.35. The molecule has 2 aromatic carbocycles. The lowest BCUT2D eigenvalue weighted by molar-refractivity contribution is 0.628. The van der Waals surface area contributed by atoms with Gasteiger partial charge in [-0.3, -0.25) is 0 Å². The van der Waals surface area contributed by atoms with Crippen LogP contribution in [-0.4, -0.2) is 18.2 Å². The summed E-state index contributed by atoms with van der Waals surface area (Å²) in [5, 5.41) is 7.57. The first-order valence-electron chi connectivity index (χ1n) is 8.46. The van der Waals surface area contributed by atoms with Crippen molar-refractivity contribution in [2.24, 2.45) is 0 Å². The summed E-state index contributed by atoms with van der Waals surface area (Å²) in [7, 11) is 1.95. The fourth-order valence-electron chi connectivity index (χ4n) is 2.93. The van der Waals surface area contributed by atoms with Crippen molar-refractivity contribution in [3.05, 3.63) is 65.6 Å². The van der Waals surface area contributed by atoms with Gasteiger partial charge in [0, 0.05) is 29.7 Å². The van der Waals surface area contributed by atoms with Crippen molar-refractivity contribution < 1.29 is 4.39 Å². The molecule has 4 heteroatoms. The van der Waals surface area contributed by atoms with Gasteiger partial charge in [-0.25, -0.2) is 4.39 Å². The van der Waals surface area contributed by atoms with Gasteiger partial charge in [-0.1, -0.05) is 12.0 Å². The molecule has 3 nitrogen and oxygen atoms in total. The highest BCUT2D eigenvalue weighted by Crippen LogP contribution is 2.21. The number of halogens is 1. The van der Waals surface area contributed by atoms with Gasteiger partial charge < -0.3 is 15.2 Å². The Hall–Kier alpha value is -2.77. The number of fused-ring (bicyclic) bond motifs is 1. The van der Waals surface area contributed by atoms with Crippen LogP contribution in [0.1, 0.15) is 18.2 Å². The summed E-state index contributed by atoms with van der Waals surface area (Å²) in [6, 6.07) is 15.0. The van der Waals surface area contributed by atoms with Crippen molar-refractivity contribution in [2.45, 2.75) is 20.0 Å². The third-order valence-corrected chi connectivity index (χ3v) is 4.10.